The molecule has 18 heavy (non-hydrogen) atoms. The van der Waals surface area contributed by atoms with Crippen molar-refractivity contribution in [2.45, 2.75) is 6.42 Å². The number of hydrogen-bond acceptors (Lipinski definition) is 4. The summed E-state index contributed by atoms with van der Waals surface area (Å²) in [5, 5.41) is 0. The standard InChI is InChI=1S/C13H12FNO3/c14-6-1-7-17-13(16)11-4-2-10(3-5-11)12-8-15-9-18-12/h2-5,8-9H,1,6-7H2. The normalized spacial score (nSPS) is 10.3. The van der Waals surface area contributed by atoms with Gasteiger partial charge in [-0.15, -0.1) is 0 Å². The molecular formula is C13H12FNO3. The van der Waals surface area contributed by atoms with E-state index in [-0.39, 0.29) is 13.0 Å². The van der Waals surface area contributed by atoms with Crippen molar-refractivity contribution >= 4 is 5.97 Å². The molecule has 0 aliphatic heterocycles. The average molecular weight is 249 g/mol. The van der Waals surface area contributed by atoms with E-state index in [0.717, 1.165) is 5.56 Å². The molecule has 0 spiro atoms. The fourth-order valence-electron chi connectivity index (χ4n) is 1.43. The maximum Gasteiger partial charge on any atom is 0.338 e. The number of halogens is 1. The quantitative estimate of drug-likeness (QED) is 0.604. The van der Waals surface area contributed by atoms with Crippen LogP contribution in [0.2, 0.25) is 0 Å². The zero-order chi connectivity index (χ0) is 12.8. The molecule has 2 aromatic rings. The zero-order valence-corrected chi connectivity index (χ0v) is 9.64. The minimum Gasteiger partial charge on any atom is -0.462 e. The van der Waals surface area contributed by atoms with Gasteiger partial charge in [0.25, 0.3) is 0 Å². The molecule has 0 fully saturated rings. The number of aromatic nitrogens is 1. The van der Waals surface area contributed by atoms with Crippen molar-refractivity contribution in [2.75, 3.05) is 13.3 Å². The van der Waals surface area contributed by atoms with Crippen molar-refractivity contribution in [1.82, 2.24) is 4.98 Å². The molecular weight excluding hydrogens is 237 g/mol. The van der Waals surface area contributed by atoms with E-state index in [1.807, 2.05) is 0 Å². The maximum absolute atomic E-state index is 11.8. The summed E-state index contributed by atoms with van der Waals surface area (Å²) in [6.45, 7) is -0.392. The molecule has 1 aromatic carbocycles. The second-order valence-electron chi connectivity index (χ2n) is 3.62. The molecule has 0 N–H and O–H groups in total. The smallest absolute Gasteiger partial charge is 0.338 e. The van der Waals surface area contributed by atoms with Crippen LogP contribution in [0.5, 0.6) is 0 Å². The van der Waals surface area contributed by atoms with E-state index in [0.29, 0.717) is 11.3 Å². The third-order valence-electron chi connectivity index (χ3n) is 2.35. The van der Waals surface area contributed by atoms with Gasteiger partial charge in [-0.25, -0.2) is 9.78 Å². The average Bonchev–Trinajstić information content (AvgIpc) is 2.93. The predicted octanol–water partition coefficient (Wildman–Crippen LogP) is 2.86. The molecule has 5 heteroatoms. The molecule has 1 heterocycles. The second-order valence-corrected chi connectivity index (χ2v) is 3.62. The number of rotatable bonds is 5. The lowest BCUT2D eigenvalue weighted by molar-refractivity contribution is 0.0494. The minimum absolute atomic E-state index is 0.0964. The Morgan fingerprint density at radius 3 is 2.72 bits per heavy atom. The summed E-state index contributed by atoms with van der Waals surface area (Å²) < 4.78 is 21.9. The van der Waals surface area contributed by atoms with Gasteiger partial charge in [0.05, 0.1) is 25.0 Å². The SMILES string of the molecule is O=C(OCCCF)c1ccc(-c2cnco2)cc1. The lowest BCUT2D eigenvalue weighted by Crippen LogP contribution is -2.06. The molecule has 0 unspecified atom stereocenters. The minimum atomic E-state index is -0.488. The van der Waals surface area contributed by atoms with Crippen molar-refractivity contribution in [3.05, 3.63) is 42.4 Å². The van der Waals surface area contributed by atoms with Gasteiger partial charge < -0.3 is 9.15 Å². The van der Waals surface area contributed by atoms with Crippen LogP contribution < -0.4 is 0 Å². The maximum atomic E-state index is 11.8. The lowest BCUT2D eigenvalue weighted by Gasteiger charge is -2.03. The highest BCUT2D eigenvalue weighted by Gasteiger charge is 2.08. The summed E-state index contributed by atoms with van der Waals surface area (Å²) in [6.07, 6.45) is 3.16. The number of benzene rings is 1. The summed E-state index contributed by atoms with van der Waals surface area (Å²) in [4.78, 5) is 15.3. The molecule has 1 aromatic heterocycles. The van der Waals surface area contributed by atoms with Crippen molar-refractivity contribution in [2.24, 2.45) is 0 Å². The largest absolute Gasteiger partial charge is 0.462 e. The Hall–Kier alpha value is -2.17. The number of oxazole rings is 1. The first-order valence-electron chi connectivity index (χ1n) is 5.53. The van der Waals surface area contributed by atoms with Crippen LogP contribution in [-0.4, -0.2) is 24.2 Å². The van der Waals surface area contributed by atoms with Crippen LogP contribution in [0.15, 0.2) is 41.3 Å². The Morgan fingerprint density at radius 1 is 1.33 bits per heavy atom. The van der Waals surface area contributed by atoms with E-state index < -0.39 is 12.6 Å². The van der Waals surface area contributed by atoms with Gasteiger partial charge in [0, 0.05) is 12.0 Å². The monoisotopic (exact) mass is 249 g/mol. The summed E-state index contributed by atoms with van der Waals surface area (Å²) in [6, 6.07) is 6.75. The van der Waals surface area contributed by atoms with Crippen LogP contribution in [0.4, 0.5) is 4.39 Å². The molecule has 0 saturated carbocycles. The third kappa shape index (κ3) is 2.94. The van der Waals surface area contributed by atoms with Crippen LogP contribution in [0.25, 0.3) is 11.3 Å². The van der Waals surface area contributed by atoms with Crippen LogP contribution in [0, 0.1) is 0 Å². The number of carbonyl (C=O) groups is 1. The molecule has 94 valence electrons. The summed E-state index contributed by atoms with van der Waals surface area (Å²) in [5.41, 5.74) is 1.25. The van der Waals surface area contributed by atoms with Crippen molar-refractivity contribution < 1.29 is 18.3 Å². The first-order chi connectivity index (χ1) is 8.81. The Kier molecular flexibility index (Phi) is 4.06. The predicted molar refractivity (Wildman–Crippen MR) is 62.8 cm³/mol. The molecule has 0 aliphatic carbocycles. The van der Waals surface area contributed by atoms with Gasteiger partial charge in [-0.2, -0.15) is 0 Å². The van der Waals surface area contributed by atoms with E-state index in [4.69, 9.17) is 9.15 Å². The third-order valence-corrected chi connectivity index (χ3v) is 2.35. The van der Waals surface area contributed by atoms with Gasteiger partial charge in [0.2, 0.25) is 0 Å². The Balaban J connectivity index is 2.01. The number of carbonyl (C=O) groups excluding carboxylic acids is 1. The number of ether oxygens (including phenoxy) is 1. The molecule has 0 aliphatic rings. The first-order valence-corrected chi connectivity index (χ1v) is 5.53. The van der Waals surface area contributed by atoms with Gasteiger partial charge >= 0.3 is 5.97 Å². The van der Waals surface area contributed by atoms with E-state index in [9.17, 15) is 9.18 Å². The first kappa shape index (κ1) is 12.3. The summed E-state index contributed by atoms with van der Waals surface area (Å²) in [7, 11) is 0. The van der Waals surface area contributed by atoms with E-state index >= 15 is 0 Å². The van der Waals surface area contributed by atoms with Crippen LogP contribution >= 0.6 is 0 Å². The van der Waals surface area contributed by atoms with Gasteiger partial charge in [-0.1, -0.05) is 12.1 Å². The van der Waals surface area contributed by atoms with E-state index in [1.54, 1.807) is 30.5 Å². The highest BCUT2D eigenvalue weighted by molar-refractivity contribution is 5.89. The summed E-state index contributed by atoms with van der Waals surface area (Å²) >= 11 is 0. The van der Waals surface area contributed by atoms with Gasteiger partial charge in [0.15, 0.2) is 12.2 Å². The van der Waals surface area contributed by atoms with Crippen molar-refractivity contribution in [3.8, 4) is 11.3 Å². The molecule has 0 saturated heterocycles. The van der Waals surface area contributed by atoms with E-state index in [2.05, 4.69) is 4.98 Å². The van der Waals surface area contributed by atoms with Crippen LogP contribution in [-0.2, 0) is 4.74 Å². The molecule has 0 bridgehead atoms. The molecule has 0 atom stereocenters. The number of hydrogen-bond donors (Lipinski definition) is 0. The summed E-state index contributed by atoms with van der Waals surface area (Å²) in [5.74, 6) is 0.180. The zero-order valence-electron chi connectivity index (χ0n) is 9.64. The fraction of sp³-hybridized carbons (Fsp3) is 0.231. The molecule has 0 amide bonds. The van der Waals surface area contributed by atoms with E-state index in [1.165, 1.54) is 6.39 Å². The number of nitrogens with zero attached hydrogens (tertiary/aromatic N) is 1. The fourth-order valence-corrected chi connectivity index (χ4v) is 1.43. The molecule has 4 nitrogen and oxygen atoms in total. The van der Waals surface area contributed by atoms with Crippen molar-refractivity contribution in [3.63, 3.8) is 0 Å². The topological polar surface area (TPSA) is 52.3 Å². The highest BCUT2D eigenvalue weighted by Crippen LogP contribution is 2.19. The second kappa shape index (κ2) is 5.95. The molecule has 2 rings (SSSR count). The van der Waals surface area contributed by atoms with Gasteiger partial charge in [-0.05, 0) is 12.1 Å². The highest BCUT2D eigenvalue weighted by atomic mass is 19.1. The van der Waals surface area contributed by atoms with Gasteiger partial charge in [0.1, 0.15) is 0 Å². The van der Waals surface area contributed by atoms with Crippen LogP contribution in [0.1, 0.15) is 16.8 Å². The van der Waals surface area contributed by atoms with Crippen LogP contribution in [0.3, 0.4) is 0 Å². The number of esters is 1. The lowest BCUT2D eigenvalue weighted by atomic mass is 10.1. The Bertz CT molecular complexity index is 493. The Labute approximate surface area is 103 Å². The number of alkyl halides is 1. The van der Waals surface area contributed by atoms with Gasteiger partial charge in [-0.3, -0.25) is 4.39 Å². The van der Waals surface area contributed by atoms with Crippen molar-refractivity contribution in [1.29, 1.82) is 0 Å². The molecule has 0 radical (unpaired) electrons. The Morgan fingerprint density at radius 2 is 2.11 bits per heavy atom.